The van der Waals surface area contributed by atoms with Gasteiger partial charge in [-0.05, 0) is 12.1 Å². The Bertz CT molecular complexity index is 695. The number of ketones is 2. The zero-order chi connectivity index (χ0) is 17.0. The van der Waals surface area contributed by atoms with Crippen LogP contribution in [-0.2, 0) is 0 Å². The van der Waals surface area contributed by atoms with Crippen LogP contribution in [-0.4, -0.2) is 50.7 Å². The molecule has 0 heterocycles. The van der Waals surface area contributed by atoms with E-state index in [-0.39, 0.29) is 0 Å². The average molecular weight is 312 g/mol. The molecule has 0 fully saturated rings. The summed E-state index contributed by atoms with van der Waals surface area (Å²) in [5.41, 5.74) is -2.14. The van der Waals surface area contributed by atoms with Crippen molar-refractivity contribution in [2.45, 2.75) is 0 Å². The highest BCUT2D eigenvalue weighted by Crippen LogP contribution is 2.26. The molecule has 0 radical (unpaired) electrons. The molecular formula is C11H8N2O9. The lowest BCUT2D eigenvalue weighted by Gasteiger charge is -2.07. The lowest BCUT2D eigenvalue weighted by atomic mass is 9.98. The van der Waals surface area contributed by atoms with Crippen LogP contribution in [0.4, 0.5) is 0 Å². The number of aromatic hydroxyl groups is 1. The fourth-order valence-corrected chi connectivity index (χ4v) is 1.58. The molecule has 1 rings (SSSR count). The summed E-state index contributed by atoms with van der Waals surface area (Å²) in [7, 11) is 0. The number of nitro groups is 2. The number of Topliss-reactive ketones (excluding diaryl/α,β-unsaturated/α-hetero) is 2. The zero-order valence-corrected chi connectivity index (χ0v) is 10.7. The van der Waals surface area contributed by atoms with Crippen molar-refractivity contribution < 1.29 is 34.4 Å². The van der Waals surface area contributed by atoms with E-state index in [1.165, 1.54) is 0 Å². The van der Waals surface area contributed by atoms with Crippen LogP contribution in [0, 0.1) is 20.2 Å². The normalized spacial score (nSPS) is 10.0. The highest BCUT2D eigenvalue weighted by molar-refractivity contribution is 6.07. The summed E-state index contributed by atoms with van der Waals surface area (Å²) in [6.45, 7) is -2.40. The Labute approximate surface area is 121 Å². The molecule has 11 heteroatoms. The first-order valence-corrected chi connectivity index (χ1v) is 5.53. The number of carbonyl (C=O) groups excluding carboxylic acids is 2. The lowest BCUT2D eigenvalue weighted by Crippen LogP contribution is -2.18. The number of hydrogen-bond donors (Lipinski definition) is 2. The third-order valence-corrected chi connectivity index (χ3v) is 2.51. The summed E-state index contributed by atoms with van der Waals surface area (Å²) in [6, 6.07) is 1.35. The number of hydrogen-bond acceptors (Lipinski definition) is 8. The average Bonchev–Trinajstić information content (AvgIpc) is 2.36. The van der Waals surface area contributed by atoms with Crippen molar-refractivity contribution in [1.82, 2.24) is 0 Å². The summed E-state index contributed by atoms with van der Waals surface area (Å²) in [5.74, 6) is -5.09. The van der Waals surface area contributed by atoms with Crippen LogP contribution < -0.4 is 0 Å². The number of rotatable bonds is 7. The first-order valence-electron chi connectivity index (χ1n) is 5.53. The summed E-state index contributed by atoms with van der Waals surface area (Å²) in [6.07, 6.45) is 0. The second kappa shape index (κ2) is 6.39. The van der Waals surface area contributed by atoms with Gasteiger partial charge in [0.15, 0.2) is 0 Å². The van der Waals surface area contributed by atoms with Crippen molar-refractivity contribution in [3.63, 3.8) is 0 Å². The van der Waals surface area contributed by atoms with E-state index in [1.54, 1.807) is 0 Å². The molecule has 0 spiro atoms. The van der Waals surface area contributed by atoms with Crippen LogP contribution >= 0.6 is 0 Å². The van der Waals surface area contributed by atoms with E-state index in [0.717, 1.165) is 0 Å². The largest absolute Gasteiger partial charge is 0.506 e. The smallest absolute Gasteiger partial charge is 0.339 e. The number of aromatic carboxylic acids is 1. The molecular weight excluding hydrogens is 304 g/mol. The van der Waals surface area contributed by atoms with Gasteiger partial charge < -0.3 is 10.2 Å². The molecule has 0 unspecified atom stereocenters. The van der Waals surface area contributed by atoms with Crippen LogP contribution in [0.2, 0.25) is 0 Å². The van der Waals surface area contributed by atoms with Gasteiger partial charge in [0.2, 0.25) is 11.6 Å². The predicted molar refractivity (Wildman–Crippen MR) is 67.4 cm³/mol. The minimum Gasteiger partial charge on any atom is -0.506 e. The van der Waals surface area contributed by atoms with Crippen LogP contribution in [0.5, 0.6) is 5.75 Å². The van der Waals surface area contributed by atoms with Gasteiger partial charge in [0, 0.05) is 15.4 Å². The number of carboxylic acid groups (broad SMARTS) is 1. The molecule has 0 amide bonds. The predicted octanol–water partition coefficient (Wildman–Crippen LogP) is 0.00920. The van der Waals surface area contributed by atoms with Crippen molar-refractivity contribution >= 4 is 17.5 Å². The Hall–Kier alpha value is -3.37. The van der Waals surface area contributed by atoms with Gasteiger partial charge in [0.1, 0.15) is 11.3 Å². The quantitative estimate of drug-likeness (QED) is 0.398. The highest BCUT2D eigenvalue weighted by Gasteiger charge is 2.25. The van der Waals surface area contributed by atoms with E-state index >= 15 is 0 Å². The Morgan fingerprint density at radius 3 is 1.86 bits per heavy atom. The third kappa shape index (κ3) is 3.82. The Kier molecular flexibility index (Phi) is 4.84. The van der Waals surface area contributed by atoms with Gasteiger partial charge in [-0.3, -0.25) is 29.8 Å². The van der Waals surface area contributed by atoms with E-state index in [4.69, 9.17) is 5.11 Å². The van der Waals surface area contributed by atoms with Gasteiger partial charge in [0.05, 0.1) is 5.56 Å². The molecule has 0 aliphatic rings. The minimum absolute atomic E-state index is 0.515. The van der Waals surface area contributed by atoms with E-state index in [2.05, 4.69) is 0 Å². The van der Waals surface area contributed by atoms with Gasteiger partial charge in [-0.25, -0.2) is 4.79 Å². The zero-order valence-electron chi connectivity index (χ0n) is 10.7. The Morgan fingerprint density at radius 2 is 1.41 bits per heavy atom. The van der Waals surface area contributed by atoms with E-state index in [0.29, 0.717) is 12.1 Å². The molecule has 22 heavy (non-hydrogen) atoms. The number of phenols is 1. The van der Waals surface area contributed by atoms with E-state index < -0.39 is 62.9 Å². The van der Waals surface area contributed by atoms with Crippen molar-refractivity contribution in [3.8, 4) is 5.75 Å². The van der Waals surface area contributed by atoms with Crippen molar-refractivity contribution in [2.75, 3.05) is 13.1 Å². The van der Waals surface area contributed by atoms with Gasteiger partial charge in [0.25, 0.3) is 13.1 Å². The maximum atomic E-state index is 11.6. The second-order valence-corrected chi connectivity index (χ2v) is 4.05. The van der Waals surface area contributed by atoms with E-state index in [1.807, 2.05) is 0 Å². The van der Waals surface area contributed by atoms with Gasteiger partial charge in [-0.15, -0.1) is 0 Å². The highest BCUT2D eigenvalue weighted by atomic mass is 16.6. The summed E-state index contributed by atoms with van der Waals surface area (Å²) >= 11 is 0. The van der Waals surface area contributed by atoms with Crippen LogP contribution in [0.25, 0.3) is 0 Å². The van der Waals surface area contributed by atoms with Crippen molar-refractivity contribution in [1.29, 1.82) is 0 Å². The standard InChI is InChI=1S/C11H8N2O9/c14-8(3-12(19)20)5-1-6(9(15)4-13(21)22)10(16)7(2-5)11(17)18/h1-2,16H,3-4H2,(H,17,18). The van der Waals surface area contributed by atoms with Crippen molar-refractivity contribution in [2.24, 2.45) is 0 Å². The molecule has 0 aromatic heterocycles. The molecule has 0 aliphatic heterocycles. The molecule has 1 aromatic carbocycles. The molecule has 1 aromatic rings. The SMILES string of the molecule is O=C(C[N+](=O)[O-])c1cc(C(=O)O)c(O)c(C(=O)C[N+](=O)[O-])c1. The Morgan fingerprint density at radius 1 is 0.955 bits per heavy atom. The number of carbonyl (C=O) groups is 3. The molecule has 11 nitrogen and oxygen atoms in total. The monoisotopic (exact) mass is 312 g/mol. The molecule has 0 saturated carbocycles. The summed E-state index contributed by atoms with van der Waals surface area (Å²) < 4.78 is 0. The maximum absolute atomic E-state index is 11.6. The van der Waals surface area contributed by atoms with Crippen LogP contribution in [0.15, 0.2) is 12.1 Å². The molecule has 116 valence electrons. The van der Waals surface area contributed by atoms with Crippen molar-refractivity contribution in [3.05, 3.63) is 49.1 Å². The topological polar surface area (TPSA) is 178 Å². The van der Waals surface area contributed by atoms with Gasteiger partial charge >= 0.3 is 5.97 Å². The van der Waals surface area contributed by atoms with Crippen LogP contribution in [0.1, 0.15) is 31.1 Å². The molecule has 0 bridgehead atoms. The number of benzene rings is 1. The molecule has 0 saturated heterocycles. The fraction of sp³-hybridized carbons (Fsp3) is 0.182. The summed E-state index contributed by atoms with van der Waals surface area (Å²) in [4.78, 5) is 52.8. The van der Waals surface area contributed by atoms with Gasteiger partial charge in [-0.1, -0.05) is 0 Å². The van der Waals surface area contributed by atoms with E-state index in [9.17, 15) is 39.7 Å². The number of carboxylic acids is 1. The fourth-order valence-electron chi connectivity index (χ4n) is 1.58. The second-order valence-electron chi connectivity index (χ2n) is 4.05. The lowest BCUT2D eigenvalue weighted by molar-refractivity contribution is -0.465. The Balaban J connectivity index is 3.43. The minimum atomic E-state index is -1.71. The molecule has 0 aliphatic carbocycles. The molecule has 2 N–H and O–H groups in total. The number of nitrogens with zero attached hydrogens (tertiary/aromatic N) is 2. The maximum Gasteiger partial charge on any atom is 0.339 e. The first kappa shape index (κ1) is 16.7. The third-order valence-electron chi connectivity index (χ3n) is 2.51. The summed E-state index contributed by atoms with van der Waals surface area (Å²) in [5, 5.41) is 39.2. The first-order chi connectivity index (χ1) is 10.1. The molecule has 0 atom stereocenters. The van der Waals surface area contributed by atoms with Crippen LogP contribution in [0.3, 0.4) is 0 Å². The van der Waals surface area contributed by atoms with Gasteiger partial charge in [-0.2, -0.15) is 0 Å².